The molecule has 0 spiro atoms. The topological polar surface area (TPSA) is 62.2 Å². The molecular formula is C12H15ClN2O2S. The second-order valence-electron chi connectivity index (χ2n) is 4.46. The van der Waals surface area contributed by atoms with E-state index in [0.717, 1.165) is 6.54 Å². The highest BCUT2D eigenvalue weighted by molar-refractivity contribution is 8.00. The fraction of sp³-hybridized carbons (Fsp3) is 0.500. The van der Waals surface area contributed by atoms with E-state index in [9.17, 15) is 4.79 Å². The fourth-order valence-electron chi connectivity index (χ4n) is 1.99. The Hall–Kier alpha value is -0.940. The Morgan fingerprint density at radius 1 is 1.61 bits per heavy atom. The van der Waals surface area contributed by atoms with Crippen molar-refractivity contribution >= 4 is 35.1 Å². The molecule has 1 saturated carbocycles. The van der Waals surface area contributed by atoms with Crippen LogP contribution in [0.15, 0.2) is 12.1 Å². The molecule has 98 valence electrons. The Balaban J connectivity index is 2.07. The summed E-state index contributed by atoms with van der Waals surface area (Å²) in [6.07, 6.45) is 5.74. The standard InChI is InChI=1S/C12H15ClN2O2S/c1-18-12(3-2-4-12)7-14-10-6-8(11(16)17)5-9(13)15-10/h5-6H,2-4,7H2,1H3,(H,14,15)(H,16,17). The molecule has 0 aromatic carbocycles. The first-order valence-corrected chi connectivity index (χ1v) is 7.35. The third kappa shape index (κ3) is 2.90. The van der Waals surface area contributed by atoms with Gasteiger partial charge in [0.25, 0.3) is 0 Å². The summed E-state index contributed by atoms with van der Waals surface area (Å²) in [4.78, 5) is 15.0. The molecular weight excluding hydrogens is 272 g/mol. The number of halogens is 1. The first kappa shape index (κ1) is 13.5. The quantitative estimate of drug-likeness (QED) is 0.814. The molecule has 4 nitrogen and oxygen atoms in total. The van der Waals surface area contributed by atoms with Gasteiger partial charge < -0.3 is 10.4 Å². The molecule has 1 aliphatic rings. The van der Waals surface area contributed by atoms with Crippen LogP contribution in [0.1, 0.15) is 29.6 Å². The highest BCUT2D eigenvalue weighted by Gasteiger charge is 2.35. The van der Waals surface area contributed by atoms with Gasteiger partial charge in [-0.3, -0.25) is 0 Å². The van der Waals surface area contributed by atoms with Crippen LogP contribution in [0.4, 0.5) is 5.82 Å². The second-order valence-corrected chi connectivity index (χ2v) is 6.12. The number of carboxylic acid groups (broad SMARTS) is 1. The average molecular weight is 287 g/mol. The maximum atomic E-state index is 10.9. The van der Waals surface area contributed by atoms with E-state index in [4.69, 9.17) is 16.7 Å². The van der Waals surface area contributed by atoms with Gasteiger partial charge in [0.15, 0.2) is 0 Å². The normalized spacial score (nSPS) is 17.0. The maximum absolute atomic E-state index is 10.9. The summed E-state index contributed by atoms with van der Waals surface area (Å²) in [5.74, 6) is -0.467. The molecule has 6 heteroatoms. The lowest BCUT2D eigenvalue weighted by molar-refractivity contribution is 0.0697. The van der Waals surface area contributed by atoms with E-state index in [-0.39, 0.29) is 15.5 Å². The SMILES string of the molecule is CSC1(CNc2cc(C(=O)O)cc(Cl)n2)CCC1. The zero-order valence-electron chi connectivity index (χ0n) is 10.1. The van der Waals surface area contributed by atoms with Crippen LogP contribution in [0.25, 0.3) is 0 Å². The summed E-state index contributed by atoms with van der Waals surface area (Å²) in [6.45, 7) is 0.792. The Kier molecular flexibility index (Phi) is 4.02. The third-order valence-electron chi connectivity index (χ3n) is 3.33. The Labute approximate surface area is 115 Å². The van der Waals surface area contributed by atoms with Gasteiger partial charge in [0.05, 0.1) is 5.56 Å². The molecule has 2 N–H and O–H groups in total. The third-order valence-corrected chi connectivity index (χ3v) is 4.94. The number of pyridine rings is 1. The summed E-state index contributed by atoms with van der Waals surface area (Å²) in [7, 11) is 0. The van der Waals surface area contributed by atoms with Gasteiger partial charge in [0, 0.05) is 11.3 Å². The van der Waals surface area contributed by atoms with Crippen molar-refractivity contribution in [1.82, 2.24) is 4.98 Å². The van der Waals surface area contributed by atoms with Gasteiger partial charge >= 0.3 is 5.97 Å². The first-order chi connectivity index (χ1) is 8.54. The first-order valence-electron chi connectivity index (χ1n) is 5.75. The molecule has 0 aliphatic heterocycles. The van der Waals surface area contributed by atoms with Crippen molar-refractivity contribution in [3.05, 3.63) is 22.8 Å². The van der Waals surface area contributed by atoms with E-state index in [0.29, 0.717) is 5.82 Å². The molecule has 0 unspecified atom stereocenters. The van der Waals surface area contributed by atoms with Gasteiger partial charge in [0.2, 0.25) is 0 Å². The molecule has 2 rings (SSSR count). The largest absolute Gasteiger partial charge is 0.478 e. The minimum absolute atomic E-state index is 0.157. The number of thioether (sulfide) groups is 1. The van der Waals surface area contributed by atoms with Crippen LogP contribution in [-0.2, 0) is 0 Å². The molecule has 1 aromatic heterocycles. The van der Waals surface area contributed by atoms with Crippen LogP contribution >= 0.6 is 23.4 Å². The van der Waals surface area contributed by atoms with E-state index < -0.39 is 5.97 Å². The lowest BCUT2D eigenvalue weighted by Gasteiger charge is -2.40. The molecule has 0 atom stereocenters. The monoisotopic (exact) mass is 286 g/mol. The van der Waals surface area contributed by atoms with E-state index in [1.165, 1.54) is 31.4 Å². The van der Waals surface area contributed by atoms with Gasteiger partial charge in [-0.05, 0) is 31.2 Å². The zero-order chi connectivity index (χ0) is 13.2. The highest BCUT2D eigenvalue weighted by Crippen LogP contribution is 2.42. The van der Waals surface area contributed by atoms with Gasteiger partial charge in [-0.25, -0.2) is 9.78 Å². The minimum atomic E-state index is -0.995. The number of anilines is 1. The van der Waals surface area contributed by atoms with Gasteiger partial charge in [-0.15, -0.1) is 0 Å². The van der Waals surface area contributed by atoms with Crippen LogP contribution in [0.2, 0.25) is 5.15 Å². The number of aromatic carboxylic acids is 1. The van der Waals surface area contributed by atoms with E-state index in [2.05, 4.69) is 16.6 Å². The molecule has 1 fully saturated rings. The van der Waals surface area contributed by atoms with Crippen LogP contribution in [0.5, 0.6) is 0 Å². The summed E-state index contributed by atoms with van der Waals surface area (Å²) >= 11 is 7.66. The van der Waals surface area contributed by atoms with Gasteiger partial charge in [-0.2, -0.15) is 11.8 Å². The van der Waals surface area contributed by atoms with E-state index in [1.807, 2.05) is 11.8 Å². The lowest BCUT2D eigenvalue weighted by Crippen LogP contribution is -2.40. The number of aromatic nitrogens is 1. The number of rotatable bonds is 5. The molecule has 0 bridgehead atoms. The number of nitrogens with one attached hydrogen (secondary N) is 1. The van der Waals surface area contributed by atoms with Crippen molar-refractivity contribution < 1.29 is 9.90 Å². The number of carboxylic acids is 1. The van der Waals surface area contributed by atoms with Gasteiger partial charge in [-0.1, -0.05) is 18.0 Å². The molecule has 1 aliphatic carbocycles. The van der Waals surface area contributed by atoms with E-state index >= 15 is 0 Å². The highest BCUT2D eigenvalue weighted by atomic mass is 35.5. The van der Waals surface area contributed by atoms with Crippen LogP contribution in [0.3, 0.4) is 0 Å². The van der Waals surface area contributed by atoms with Crippen molar-refractivity contribution in [3.8, 4) is 0 Å². The second kappa shape index (κ2) is 5.36. The predicted octanol–water partition coefficient (Wildman–Crippen LogP) is 3.13. The minimum Gasteiger partial charge on any atom is -0.478 e. The van der Waals surface area contributed by atoms with Gasteiger partial charge in [0.1, 0.15) is 11.0 Å². The van der Waals surface area contributed by atoms with Crippen LogP contribution in [0, 0.1) is 0 Å². The van der Waals surface area contributed by atoms with Crippen molar-refractivity contribution in [2.45, 2.75) is 24.0 Å². The van der Waals surface area contributed by atoms with Crippen molar-refractivity contribution in [2.24, 2.45) is 0 Å². The molecule has 1 aromatic rings. The van der Waals surface area contributed by atoms with Crippen molar-refractivity contribution in [1.29, 1.82) is 0 Å². The number of nitrogens with zero attached hydrogens (tertiary/aromatic N) is 1. The fourth-order valence-corrected chi connectivity index (χ4v) is 3.11. The molecule has 0 amide bonds. The van der Waals surface area contributed by atoms with Crippen LogP contribution in [-0.4, -0.2) is 33.6 Å². The average Bonchev–Trinajstić information content (AvgIpc) is 2.27. The number of carbonyl (C=O) groups is 1. The molecule has 18 heavy (non-hydrogen) atoms. The Morgan fingerprint density at radius 2 is 2.33 bits per heavy atom. The Morgan fingerprint density at radius 3 is 2.83 bits per heavy atom. The number of hydrogen-bond acceptors (Lipinski definition) is 4. The summed E-state index contributed by atoms with van der Waals surface area (Å²) in [5.41, 5.74) is 0.157. The smallest absolute Gasteiger partial charge is 0.335 e. The van der Waals surface area contributed by atoms with Crippen molar-refractivity contribution in [2.75, 3.05) is 18.1 Å². The predicted molar refractivity (Wildman–Crippen MR) is 74.8 cm³/mol. The molecule has 0 saturated heterocycles. The zero-order valence-corrected chi connectivity index (χ0v) is 11.6. The lowest BCUT2D eigenvalue weighted by atomic mass is 9.84. The summed E-state index contributed by atoms with van der Waals surface area (Å²) in [5, 5.41) is 12.3. The molecule has 0 radical (unpaired) electrons. The van der Waals surface area contributed by atoms with Crippen molar-refractivity contribution in [3.63, 3.8) is 0 Å². The molecule has 1 heterocycles. The maximum Gasteiger partial charge on any atom is 0.335 e. The van der Waals surface area contributed by atoms with E-state index in [1.54, 1.807) is 0 Å². The Bertz CT molecular complexity index is 458. The summed E-state index contributed by atoms with van der Waals surface area (Å²) in [6, 6.07) is 2.86. The van der Waals surface area contributed by atoms with Crippen LogP contribution < -0.4 is 5.32 Å². The summed E-state index contributed by atoms with van der Waals surface area (Å²) < 4.78 is 0.271. The number of hydrogen-bond donors (Lipinski definition) is 2.